The summed E-state index contributed by atoms with van der Waals surface area (Å²) in [7, 11) is 5.50. The van der Waals surface area contributed by atoms with Gasteiger partial charge < -0.3 is 9.64 Å². The Hall–Kier alpha value is -1.64. The first-order valence-corrected chi connectivity index (χ1v) is 4.57. The number of nitrogens with zero attached hydrogens (tertiary/aromatic N) is 2. The molecule has 0 radical (unpaired) electrons. The van der Waals surface area contributed by atoms with Gasteiger partial charge in [0.25, 0.3) is 0 Å². The average molecular weight is 206 g/mol. The highest BCUT2D eigenvalue weighted by Gasteiger charge is 2.08. The van der Waals surface area contributed by atoms with Gasteiger partial charge in [-0.05, 0) is 20.2 Å². The predicted molar refractivity (Wildman–Crippen MR) is 58.2 cm³/mol. The van der Waals surface area contributed by atoms with Gasteiger partial charge in [-0.25, -0.2) is 4.79 Å². The van der Waals surface area contributed by atoms with Gasteiger partial charge in [0, 0.05) is 12.1 Å². The fraction of sp³-hybridized carbons (Fsp3) is 0.364. The van der Waals surface area contributed by atoms with Crippen molar-refractivity contribution in [3.63, 3.8) is 0 Å². The summed E-state index contributed by atoms with van der Waals surface area (Å²) in [6.45, 7) is 0.741. The van der Waals surface area contributed by atoms with Crippen molar-refractivity contribution in [1.82, 2.24) is 4.90 Å². The number of methoxy groups -OCH3 is 1. The third kappa shape index (κ3) is 2.91. The zero-order valence-corrected chi connectivity index (χ0v) is 9.15. The molecule has 1 aromatic carbocycles. The van der Waals surface area contributed by atoms with Crippen LogP contribution in [0.3, 0.4) is 0 Å². The number of hydrogen-bond acceptors (Lipinski definition) is 4. The molecule has 0 aromatic heterocycles. The molecule has 0 aliphatic carbocycles. The van der Waals surface area contributed by atoms with Crippen molar-refractivity contribution >= 4 is 11.8 Å². The van der Waals surface area contributed by atoms with Crippen LogP contribution in [0.5, 0.6) is 5.75 Å². The molecule has 0 aliphatic rings. The predicted octanol–water partition coefficient (Wildman–Crippen LogP) is 1.72. The number of ether oxygens (including phenoxy) is 1. The van der Waals surface area contributed by atoms with Crippen LogP contribution < -0.4 is 4.74 Å². The number of carbonyl (C=O) groups excluding carboxylic acids is 1. The lowest BCUT2D eigenvalue weighted by molar-refractivity contribution is 0.372. The second-order valence-electron chi connectivity index (χ2n) is 3.41. The summed E-state index contributed by atoms with van der Waals surface area (Å²) < 4.78 is 5.23. The Kier molecular flexibility index (Phi) is 4.03. The molecule has 1 aromatic rings. The minimum absolute atomic E-state index is 0.520. The molecule has 0 heterocycles. The molecular weight excluding hydrogens is 192 g/mol. The van der Waals surface area contributed by atoms with Crippen molar-refractivity contribution in [2.75, 3.05) is 21.2 Å². The highest BCUT2D eigenvalue weighted by atomic mass is 16.5. The number of para-hydroxylation sites is 1. The second-order valence-corrected chi connectivity index (χ2v) is 3.41. The van der Waals surface area contributed by atoms with E-state index in [9.17, 15) is 4.79 Å². The van der Waals surface area contributed by atoms with Crippen molar-refractivity contribution in [3.8, 4) is 5.75 Å². The Balaban J connectivity index is 3.15. The Labute approximate surface area is 89.2 Å². The van der Waals surface area contributed by atoms with Gasteiger partial charge in [-0.3, -0.25) is 0 Å². The van der Waals surface area contributed by atoms with E-state index in [4.69, 9.17) is 4.74 Å². The van der Waals surface area contributed by atoms with E-state index in [2.05, 4.69) is 4.99 Å². The molecule has 80 valence electrons. The molecule has 0 aliphatic heterocycles. The van der Waals surface area contributed by atoms with E-state index in [1.54, 1.807) is 13.2 Å². The lowest BCUT2D eigenvalue weighted by Gasteiger charge is -2.14. The molecule has 0 saturated carbocycles. The molecule has 4 heteroatoms. The molecule has 0 saturated heterocycles. The minimum Gasteiger partial charge on any atom is -0.494 e. The topological polar surface area (TPSA) is 41.9 Å². The summed E-state index contributed by atoms with van der Waals surface area (Å²) in [6.07, 6.45) is 1.52. The summed E-state index contributed by atoms with van der Waals surface area (Å²) in [5.74, 6) is 0.634. The molecule has 0 bridgehead atoms. The largest absolute Gasteiger partial charge is 0.494 e. The maximum absolute atomic E-state index is 10.2. The van der Waals surface area contributed by atoms with E-state index >= 15 is 0 Å². The van der Waals surface area contributed by atoms with Crippen LogP contribution in [-0.4, -0.2) is 32.2 Å². The summed E-state index contributed by atoms with van der Waals surface area (Å²) in [6, 6.07) is 5.52. The highest BCUT2D eigenvalue weighted by molar-refractivity contribution is 5.60. The number of aliphatic imine (C=N–C) groups is 1. The lowest BCUT2D eigenvalue weighted by atomic mass is 10.1. The lowest BCUT2D eigenvalue weighted by Crippen LogP contribution is -2.11. The van der Waals surface area contributed by atoms with Crippen molar-refractivity contribution in [3.05, 3.63) is 23.8 Å². The molecule has 4 nitrogen and oxygen atoms in total. The zero-order chi connectivity index (χ0) is 11.3. The van der Waals surface area contributed by atoms with Gasteiger partial charge in [0.15, 0.2) is 0 Å². The van der Waals surface area contributed by atoms with Crippen LogP contribution in [0.2, 0.25) is 0 Å². The zero-order valence-electron chi connectivity index (χ0n) is 9.15. The maximum Gasteiger partial charge on any atom is 0.240 e. The van der Waals surface area contributed by atoms with E-state index in [1.165, 1.54) is 6.08 Å². The summed E-state index contributed by atoms with van der Waals surface area (Å²) >= 11 is 0. The van der Waals surface area contributed by atoms with Gasteiger partial charge in [0.2, 0.25) is 6.08 Å². The Morgan fingerprint density at radius 1 is 1.47 bits per heavy atom. The molecule has 0 spiro atoms. The average Bonchev–Trinajstić information content (AvgIpc) is 2.18. The van der Waals surface area contributed by atoms with Gasteiger partial charge in [0.1, 0.15) is 11.4 Å². The van der Waals surface area contributed by atoms with Gasteiger partial charge >= 0.3 is 0 Å². The number of isocyanates is 1. The standard InChI is InChI=1S/C11H14N2O2/c1-13(2)7-9-5-4-6-10(12-8-14)11(9)15-3/h4-6H,7H2,1-3H3. The fourth-order valence-corrected chi connectivity index (χ4v) is 1.41. The quantitative estimate of drug-likeness (QED) is 0.556. The van der Waals surface area contributed by atoms with Gasteiger partial charge in [0.05, 0.1) is 7.11 Å². The Bertz CT molecular complexity index is 382. The monoisotopic (exact) mass is 206 g/mol. The summed E-state index contributed by atoms with van der Waals surface area (Å²) in [5.41, 5.74) is 1.52. The highest BCUT2D eigenvalue weighted by Crippen LogP contribution is 2.31. The van der Waals surface area contributed by atoms with Crippen LogP contribution in [0, 0.1) is 0 Å². The van der Waals surface area contributed by atoms with Gasteiger partial charge in [-0.2, -0.15) is 4.99 Å². The fourth-order valence-electron chi connectivity index (χ4n) is 1.41. The van der Waals surface area contributed by atoms with Gasteiger partial charge in [-0.1, -0.05) is 12.1 Å². The van der Waals surface area contributed by atoms with Gasteiger partial charge in [-0.15, -0.1) is 0 Å². The normalized spacial score (nSPS) is 9.87. The van der Waals surface area contributed by atoms with Crippen molar-refractivity contribution in [2.45, 2.75) is 6.54 Å². The third-order valence-electron chi connectivity index (χ3n) is 1.93. The van der Waals surface area contributed by atoms with Crippen LogP contribution in [0.25, 0.3) is 0 Å². The van der Waals surface area contributed by atoms with Crippen molar-refractivity contribution < 1.29 is 9.53 Å². The van der Waals surface area contributed by atoms with Crippen LogP contribution in [0.1, 0.15) is 5.56 Å². The van der Waals surface area contributed by atoms with Crippen LogP contribution in [-0.2, 0) is 11.3 Å². The molecule has 0 atom stereocenters. The molecule has 0 N–H and O–H groups in total. The van der Waals surface area contributed by atoms with E-state index in [0.29, 0.717) is 11.4 Å². The summed E-state index contributed by atoms with van der Waals surface area (Å²) in [5, 5.41) is 0. The van der Waals surface area contributed by atoms with E-state index in [1.807, 2.05) is 31.1 Å². The van der Waals surface area contributed by atoms with Crippen molar-refractivity contribution in [2.24, 2.45) is 4.99 Å². The van der Waals surface area contributed by atoms with Crippen LogP contribution in [0.15, 0.2) is 23.2 Å². The maximum atomic E-state index is 10.2. The Morgan fingerprint density at radius 2 is 2.20 bits per heavy atom. The SMILES string of the molecule is COc1c(CN(C)C)cccc1N=C=O. The molecule has 0 amide bonds. The number of benzene rings is 1. The second kappa shape index (κ2) is 5.29. The van der Waals surface area contributed by atoms with Crippen molar-refractivity contribution in [1.29, 1.82) is 0 Å². The van der Waals surface area contributed by atoms with Crippen LogP contribution in [0.4, 0.5) is 5.69 Å². The number of rotatable bonds is 4. The van der Waals surface area contributed by atoms with Crippen LogP contribution >= 0.6 is 0 Å². The molecular formula is C11H14N2O2. The van der Waals surface area contributed by atoms with E-state index in [-0.39, 0.29) is 0 Å². The minimum atomic E-state index is 0.520. The smallest absolute Gasteiger partial charge is 0.240 e. The van der Waals surface area contributed by atoms with E-state index in [0.717, 1.165) is 12.1 Å². The molecule has 0 fully saturated rings. The first-order valence-electron chi connectivity index (χ1n) is 4.57. The molecule has 15 heavy (non-hydrogen) atoms. The molecule has 0 unspecified atom stereocenters. The third-order valence-corrected chi connectivity index (χ3v) is 1.93. The Morgan fingerprint density at radius 3 is 2.73 bits per heavy atom. The molecule has 1 rings (SSSR count). The first-order chi connectivity index (χ1) is 7.19. The number of hydrogen-bond donors (Lipinski definition) is 0. The van der Waals surface area contributed by atoms with E-state index < -0.39 is 0 Å². The first kappa shape index (κ1) is 11.4. The summed E-state index contributed by atoms with van der Waals surface area (Å²) in [4.78, 5) is 15.8.